The fourth-order valence-electron chi connectivity index (χ4n) is 4.25. The lowest BCUT2D eigenvalue weighted by molar-refractivity contribution is 0.0932. The molecular weight excluding hydrogens is 406 g/mol. The average Bonchev–Trinajstić information content (AvgIpc) is 2.83. The number of carbonyl (C=O) groups excluding carboxylic acids is 1. The number of aliphatic imine (C=N–C) groups is 1. The van der Waals surface area contributed by atoms with Gasteiger partial charge in [0.2, 0.25) is 12.2 Å². The van der Waals surface area contributed by atoms with Crippen molar-refractivity contribution in [2.24, 2.45) is 4.99 Å². The number of rotatable bonds is 6. The molecule has 1 fully saturated rings. The smallest absolute Gasteiger partial charge is 0.252 e. The van der Waals surface area contributed by atoms with Crippen molar-refractivity contribution in [2.75, 3.05) is 19.8 Å². The maximum atomic E-state index is 13.0. The predicted molar refractivity (Wildman–Crippen MR) is 126 cm³/mol. The number of hydrogen-bond donors (Lipinski definition) is 3. The molecule has 1 aliphatic carbocycles. The van der Waals surface area contributed by atoms with Crippen molar-refractivity contribution in [1.82, 2.24) is 16.0 Å². The van der Waals surface area contributed by atoms with Gasteiger partial charge in [0, 0.05) is 29.9 Å². The number of amides is 1. The summed E-state index contributed by atoms with van der Waals surface area (Å²) in [6, 6.07) is 18.4. The predicted octanol–water partition coefficient (Wildman–Crippen LogP) is 3.66. The summed E-state index contributed by atoms with van der Waals surface area (Å²) in [5, 5.41) is 18.3. The molecule has 0 unspecified atom stereocenters. The van der Waals surface area contributed by atoms with E-state index in [1.165, 1.54) is 5.56 Å². The van der Waals surface area contributed by atoms with Gasteiger partial charge < -0.3 is 16.0 Å². The monoisotopic (exact) mass is 435 g/mol. The Morgan fingerprint density at radius 1 is 1.16 bits per heavy atom. The topological polar surface area (TPSA) is 89.3 Å². The Morgan fingerprint density at radius 2 is 1.84 bits per heavy atom. The fourth-order valence-corrected chi connectivity index (χ4v) is 4.85. The zero-order valence-electron chi connectivity index (χ0n) is 18.0. The van der Waals surface area contributed by atoms with Crippen molar-refractivity contribution in [2.45, 2.75) is 42.0 Å². The van der Waals surface area contributed by atoms with Gasteiger partial charge in [-0.15, -0.1) is 16.8 Å². The number of hydrogen-bond acceptors (Lipinski definition) is 4. The molecule has 0 heterocycles. The number of benzene rings is 2. The summed E-state index contributed by atoms with van der Waals surface area (Å²) in [4.78, 5) is 17.7. The molecule has 6 nitrogen and oxygen atoms in total. The van der Waals surface area contributed by atoms with Crippen LogP contribution in [0.15, 0.2) is 64.5 Å². The molecule has 0 bridgehead atoms. The Kier molecular flexibility index (Phi) is 7.96. The van der Waals surface area contributed by atoms with Crippen LogP contribution in [0.5, 0.6) is 0 Å². The zero-order chi connectivity index (χ0) is 22.1. The van der Waals surface area contributed by atoms with Gasteiger partial charge in [-0.3, -0.25) is 4.79 Å². The lowest BCUT2D eigenvalue weighted by atomic mass is 9.68. The third kappa shape index (κ3) is 5.59. The average molecular weight is 436 g/mol. The Bertz CT molecular complexity index is 946. The highest BCUT2D eigenvalue weighted by Gasteiger charge is 2.37. The van der Waals surface area contributed by atoms with Crippen LogP contribution in [-0.2, 0) is 5.41 Å². The quantitative estimate of drug-likeness (QED) is 0.279. The highest BCUT2D eigenvalue weighted by molar-refractivity contribution is 7.98. The summed E-state index contributed by atoms with van der Waals surface area (Å²) in [6.07, 6.45) is 7.53. The van der Waals surface area contributed by atoms with E-state index >= 15 is 0 Å². The van der Waals surface area contributed by atoms with E-state index in [4.69, 9.17) is 5.26 Å². The highest BCUT2D eigenvalue weighted by atomic mass is 32.2. The first kappa shape index (κ1) is 22.7. The van der Waals surface area contributed by atoms with Gasteiger partial charge in [0.25, 0.3) is 5.91 Å². The van der Waals surface area contributed by atoms with Crippen LogP contribution in [0.3, 0.4) is 0 Å². The Morgan fingerprint density at radius 3 is 2.48 bits per heavy atom. The van der Waals surface area contributed by atoms with Crippen LogP contribution in [0.25, 0.3) is 0 Å². The third-order valence-corrected chi connectivity index (χ3v) is 6.80. The Balaban J connectivity index is 1.74. The van der Waals surface area contributed by atoms with E-state index in [2.05, 4.69) is 45.2 Å². The van der Waals surface area contributed by atoms with Gasteiger partial charge in [-0.05, 0) is 49.6 Å². The molecule has 1 aliphatic rings. The van der Waals surface area contributed by atoms with Crippen molar-refractivity contribution in [1.29, 1.82) is 5.26 Å². The molecule has 3 N–H and O–H groups in total. The molecule has 0 saturated heterocycles. The van der Waals surface area contributed by atoms with Crippen molar-refractivity contribution in [3.05, 3.63) is 65.7 Å². The Labute approximate surface area is 188 Å². The van der Waals surface area contributed by atoms with Crippen LogP contribution in [-0.4, -0.2) is 37.8 Å². The van der Waals surface area contributed by atoms with Crippen LogP contribution in [0.1, 0.15) is 41.6 Å². The number of nitrogens with zero attached hydrogens (tertiary/aromatic N) is 2. The first-order valence-corrected chi connectivity index (χ1v) is 11.7. The summed E-state index contributed by atoms with van der Waals surface area (Å²) >= 11 is 1.58. The molecule has 0 radical (unpaired) electrons. The molecule has 0 aliphatic heterocycles. The number of thioether (sulfide) groups is 1. The van der Waals surface area contributed by atoms with E-state index in [0.717, 1.165) is 36.1 Å². The zero-order valence-corrected chi connectivity index (χ0v) is 18.8. The van der Waals surface area contributed by atoms with Gasteiger partial charge in [0.1, 0.15) is 0 Å². The van der Waals surface area contributed by atoms with Crippen LogP contribution in [0.2, 0.25) is 0 Å². The summed E-state index contributed by atoms with van der Waals surface area (Å²) in [5.41, 5.74) is 1.86. The first-order chi connectivity index (χ1) is 15.1. The minimum absolute atomic E-state index is 0.0286. The molecule has 2 aromatic rings. The highest BCUT2D eigenvalue weighted by Crippen LogP contribution is 2.39. The molecule has 3 rings (SSSR count). The van der Waals surface area contributed by atoms with Gasteiger partial charge >= 0.3 is 0 Å². The van der Waals surface area contributed by atoms with Gasteiger partial charge in [-0.2, -0.15) is 5.26 Å². The van der Waals surface area contributed by atoms with Crippen LogP contribution >= 0.6 is 11.8 Å². The molecule has 0 aromatic heterocycles. The number of nitrogens with one attached hydrogen (secondary N) is 3. The first-order valence-electron chi connectivity index (χ1n) is 10.5. The van der Waals surface area contributed by atoms with Crippen molar-refractivity contribution in [3.63, 3.8) is 0 Å². The van der Waals surface area contributed by atoms with Gasteiger partial charge in [0.05, 0.1) is 5.56 Å². The summed E-state index contributed by atoms with van der Waals surface area (Å²) in [5.74, 6) is 0.473. The van der Waals surface area contributed by atoms with Crippen LogP contribution in [0, 0.1) is 11.5 Å². The van der Waals surface area contributed by atoms with E-state index in [1.54, 1.807) is 18.8 Å². The van der Waals surface area contributed by atoms with E-state index in [1.807, 2.05) is 42.8 Å². The van der Waals surface area contributed by atoms with Gasteiger partial charge in [0.15, 0.2) is 0 Å². The Hall–Kier alpha value is -2.98. The van der Waals surface area contributed by atoms with Gasteiger partial charge in [-0.1, -0.05) is 42.5 Å². The number of carbonyl (C=O) groups is 1. The van der Waals surface area contributed by atoms with Gasteiger partial charge in [-0.25, -0.2) is 0 Å². The largest absolute Gasteiger partial charge is 0.359 e. The van der Waals surface area contributed by atoms with Crippen LogP contribution < -0.4 is 16.0 Å². The normalized spacial score (nSPS) is 21.1. The van der Waals surface area contributed by atoms with E-state index in [-0.39, 0.29) is 17.4 Å². The second kappa shape index (κ2) is 10.9. The molecule has 0 atom stereocenters. The minimum atomic E-state index is -0.115. The maximum absolute atomic E-state index is 13.0. The molecule has 1 amide bonds. The molecule has 31 heavy (non-hydrogen) atoms. The molecule has 7 heteroatoms. The van der Waals surface area contributed by atoms with Crippen LogP contribution in [0.4, 0.5) is 0 Å². The molecule has 0 spiro atoms. The SMILES string of the molecule is CN/C(=N\C#N)N[C@H]1CC[C@](CNC(=O)c2ccccc2SC)(c2ccccc2)CC1. The van der Waals surface area contributed by atoms with Crippen molar-refractivity contribution < 1.29 is 4.79 Å². The lowest BCUT2D eigenvalue weighted by Gasteiger charge is -2.41. The van der Waals surface area contributed by atoms with Crippen molar-refractivity contribution in [3.8, 4) is 6.19 Å². The molecule has 162 valence electrons. The maximum Gasteiger partial charge on any atom is 0.252 e. The number of nitriles is 1. The van der Waals surface area contributed by atoms with E-state index < -0.39 is 0 Å². The third-order valence-electron chi connectivity index (χ3n) is 6.01. The molecule has 1 saturated carbocycles. The molecule has 2 aromatic carbocycles. The summed E-state index contributed by atoms with van der Waals surface area (Å²) in [7, 11) is 1.75. The fraction of sp³-hybridized carbons (Fsp3) is 0.375. The van der Waals surface area contributed by atoms with Crippen molar-refractivity contribution >= 4 is 23.6 Å². The standard InChI is InChI=1S/C24H29N5OS/c1-26-23(28-17-25)29-19-12-14-24(15-13-19,18-8-4-3-5-9-18)16-27-22(30)20-10-6-7-11-21(20)31-2/h3-11,19H,12-16H2,1-2H3,(H,27,30)(H2,26,28,29)/t19-,24-. The second-order valence-electron chi connectivity index (χ2n) is 7.76. The summed E-state index contributed by atoms with van der Waals surface area (Å²) < 4.78 is 0. The summed E-state index contributed by atoms with van der Waals surface area (Å²) in [6.45, 7) is 0.594. The lowest BCUT2D eigenvalue weighted by Crippen LogP contribution is -2.49. The van der Waals surface area contributed by atoms with E-state index in [9.17, 15) is 4.79 Å². The second-order valence-corrected chi connectivity index (χ2v) is 8.61. The number of guanidine groups is 1. The minimum Gasteiger partial charge on any atom is -0.359 e. The molecular formula is C24H29N5OS. The van der Waals surface area contributed by atoms with E-state index in [0.29, 0.717) is 12.5 Å².